The first-order chi connectivity index (χ1) is 8.08. The van der Waals surface area contributed by atoms with Gasteiger partial charge in [-0.2, -0.15) is 0 Å². The Balaban J connectivity index is 1.95. The van der Waals surface area contributed by atoms with Crippen molar-refractivity contribution in [2.24, 2.45) is 0 Å². The van der Waals surface area contributed by atoms with Crippen molar-refractivity contribution in [3.8, 4) is 0 Å². The fraction of sp³-hybridized carbons (Fsp3) is 0.700. The quantitative estimate of drug-likeness (QED) is 0.619. The molecular formula is C10H14N2O5. The number of carboxylic acid groups (broad SMARTS) is 1. The van der Waals surface area contributed by atoms with Crippen LogP contribution >= 0.6 is 0 Å². The van der Waals surface area contributed by atoms with Gasteiger partial charge in [-0.25, -0.2) is 4.79 Å². The number of carbonyl (C=O) groups excluding carboxylic acids is 2. The lowest BCUT2D eigenvalue weighted by molar-refractivity contribution is -0.160. The summed E-state index contributed by atoms with van der Waals surface area (Å²) in [5.74, 6) is -1.42. The maximum absolute atomic E-state index is 12.0. The van der Waals surface area contributed by atoms with Gasteiger partial charge in [0.2, 0.25) is 11.8 Å². The van der Waals surface area contributed by atoms with E-state index in [0.29, 0.717) is 19.4 Å². The van der Waals surface area contributed by atoms with Crippen molar-refractivity contribution in [3.05, 3.63) is 0 Å². The van der Waals surface area contributed by atoms with Crippen LogP contribution in [0.25, 0.3) is 0 Å². The lowest BCUT2D eigenvalue weighted by Gasteiger charge is -2.32. The first-order valence-electron chi connectivity index (χ1n) is 5.50. The van der Waals surface area contributed by atoms with Crippen LogP contribution in [0.15, 0.2) is 0 Å². The molecule has 2 heterocycles. The van der Waals surface area contributed by atoms with Crippen LogP contribution in [0, 0.1) is 0 Å². The highest BCUT2D eigenvalue weighted by Crippen LogP contribution is 2.13. The van der Waals surface area contributed by atoms with E-state index >= 15 is 0 Å². The van der Waals surface area contributed by atoms with Gasteiger partial charge in [-0.15, -0.1) is 0 Å². The van der Waals surface area contributed by atoms with Crippen molar-refractivity contribution in [1.29, 1.82) is 0 Å². The van der Waals surface area contributed by atoms with Crippen LogP contribution in [0.3, 0.4) is 0 Å². The van der Waals surface area contributed by atoms with E-state index < -0.39 is 18.1 Å². The summed E-state index contributed by atoms with van der Waals surface area (Å²) in [5.41, 5.74) is 0. The van der Waals surface area contributed by atoms with E-state index in [9.17, 15) is 14.4 Å². The fourth-order valence-corrected chi connectivity index (χ4v) is 2.02. The van der Waals surface area contributed by atoms with Crippen molar-refractivity contribution >= 4 is 17.8 Å². The van der Waals surface area contributed by atoms with E-state index in [-0.39, 0.29) is 25.0 Å². The van der Waals surface area contributed by atoms with Gasteiger partial charge in [0.1, 0.15) is 6.04 Å². The zero-order chi connectivity index (χ0) is 12.4. The van der Waals surface area contributed by atoms with Gasteiger partial charge in [-0.3, -0.25) is 9.59 Å². The van der Waals surface area contributed by atoms with Gasteiger partial charge in [-0.1, -0.05) is 0 Å². The molecule has 2 aliphatic heterocycles. The van der Waals surface area contributed by atoms with Gasteiger partial charge in [0.05, 0.1) is 13.2 Å². The number of nitrogens with one attached hydrogen (secondary N) is 1. The molecule has 7 nitrogen and oxygen atoms in total. The summed E-state index contributed by atoms with van der Waals surface area (Å²) < 4.78 is 5.02. The molecule has 0 aliphatic carbocycles. The van der Waals surface area contributed by atoms with Gasteiger partial charge in [-0.05, 0) is 6.42 Å². The largest absolute Gasteiger partial charge is 0.479 e. The Kier molecular flexibility index (Phi) is 3.28. The van der Waals surface area contributed by atoms with E-state index in [4.69, 9.17) is 9.84 Å². The van der Waals surface area contributed by atoms with Crippen LogP contribution in [0.1, 0.15) is 12.8 Å². The van der Waals surface area contributed by atoms with Gasteiger partial charge in [0.15, 0.2) is 6.10 Å². The average Bonchev–Trinajstić information content (AvgIpc) is 2.75. The van der Waals surface area contributed by atoms with Crippen LogP contribution < -0.4 is 5.32 Å². The molecule has 2 saturated heterocycles. The maximum atomic E-state index is 12.0. The third kappa shape index (κ3) is 2.55. The van der Waals surface area contributed by atoms with Crippen molar-refractivity contribution < 1.29 is 24.2 Å². The number of hydrogen-bond donors (Lipinski definition) is 2. The lowest BCUT2D eigenvalue weighted by atomic mass is 10.1. The Labute approximate surface area is 97.7 Å². The van der Waals surface area contributed by atoms with Gasteiger partial charge < -0.3 is 20.1 Å². The molecule has 17 heavy (non-hydrogen) atoms. The Morgan fingerprint density at radius 1 is 1.47 bits per heavy atom. The highest BCUT2D eigenvalue weighted by Gasteiger charge is 2.35. The summed E-state index contributed by atoms with van der Waals surface area (Å²) in [5, 5.41) is 11.4. The monoisotopic (exact) mass is 242 g/mol. The summed E-state index contributed by atoms with van der Waals surface area (Å²) in [4.78, 5) is 35.2. The second kappa shape index (κ2) is 4.70. The van der Waals surface area contributed by atoms with Crippen LogP contribution in [-0.4, -0.2) is 59.6 Å². The number of aliphatic carboxylic acids is 1. The Morgan fingerprint density at radius 2 is 2.24 bits per heavy atom. The predicted molar refractivity (Wildman–Crippen MR) is 55.1 cm³/mol. The van der Waals surface area contributed by atoms with Gasteiger partial charge in [0.25, 0.3) is 0 Å². The summed E-state index contributed by atoms with van der Waals surface area (Å²) in [7, 11) is 0. The summed E-state index contributed by atoms with van der Waals surface area (Å²) in [6.07, 6.45) is -0.139. The predicted octanol–water partition coefficient (Wildman–Crippen LogP) is -1.42. The molecule has 2 aliphatic rings. The number of carbonyl (C=O) groups is 3. The number of amides is 2. The van der Waals surface area contributed by atoms with Crippen LogP contribution in [0.5, 0.6) is 0 Å². The zero-order valence-corrected chi connectivity index (χ0v) is 9.22. The third-order valence-corrected chi connectivity index (χ3v) is 2.95. The molecule has 0 aromatic rings. The molecule has 1 unspecified atom stereocenters. The summed E-state index contributed by atoms with van der Waals surface area (Å²) >= 11 is 0. The number of ether oxygens (including phenoxy) is 1. The van der Waals surface area contributed by atoms with Crippen molar-refractivity contribution in [1.82, 2.24) is 10.2 Å². The zero-order valence-electron chi connectivity index (χ0n) is 9.22. The van der Waals surface area contributed by atoms with Crippen molar-refractivity contribution in [2.45, 2.75) is 25.0 Å². The second-order valence-electron chi connectivity index (χ2n) is 4.14. The molecule has 0 aromatic carbocycles. The Morgan fingerprint density at radius 3 is 2.82 bits per heavy atom. The summed E-state index contributed by atoms with van der Waals surface area (Å²) in [6.45, 7) is 0.624. The van der Waals surface area contributed by atoms with Gasteiger partial charge >= 0.3 is 5.97 Å². The van der Waals surface area contributed by atoms with E-state index in [1.54, 1.807) is 0 Å². The maximum Gasteiger partial charge on any atom is 0.334 e. The molecule has 94 valence electrons. The molecule has 0 radical (unpaired) electrons. The molecule has 2 N–H and O–H groups in total. The third-order valence-electron chi connectivity index (χ3n) is 2.95. The SMILES string of the molecule is O=C1CC[C@@H](C(=O)N2CCOC(C(=O)O)C2)N1. The highest BCUT2D eigenvalue weighted by atomic mass is 16.5. The molecule has 2 amide bonds. The molecule has 2 fully saturated rings. The molecule has 2 rings (SSSR count). The molecule has 0 aromatic heterocycles. The number of rotatable bonds is 2. The minimum Gasteiger partial charge on any atom is -0.479 e. The number of nitrogens with zero attached hydrogens (tertiary/aromatic N) is 1. The molecule has 0 bridgehead atoms. The highest BCUT2D eigenvalue weighted by molar-refractivity contribution is 5.91. The normalized spacial score (nSPS) is 28.9. The number of morpholine rings is 1. The lowest BCUT2D eigenvalue weighted by Crippen LogP contribution is -2.53. The van der Waals surface area contributed by atoms with E-state index in [0.717, 1.165) is 0 Å². The average molecular weight is 242 g/mol. The van der Waals surface area contributed by atoms with Crippen LogP contribution in [0.2, 0.25) is 0 Å². The smallest absolute Gasteiger partial charge is 0.334 e. The minimum absolute atomic E-state index is 0.0422. The Bertz CT molecular complexity index is 357. The molecule has 2 atom stereocenters. The molecular weight excluding hydrogens is 228 g/mol. The standard InChI is InChI=1S/C10H14N2O5/c13-8-2-1-6(11-8)9(14)12-3-4-17-7(5-12)10(15)16/h6-7H,1-5H2,(H,11,13)(H,15,16)/t6-,7?/m0/s1. The molecule has 0 saturated carbocycles. The van der Waals surface area contributed by atoms with Gasteiger partial charge in [0, 0.05) is 13.0 Å². The van der Waals surface area contributed by atoms with E-state index in [1.807, 2.05) is 0 Å². The molecule has 0 spiro atoms. The number of hydrogen-bond acceptors (Lipinski definition) is 4. The first-order valence-corrected chi connectivity index (χ1v) is 5.50. The molecule has 7 heteroatoms. The fourth-order valence-electron chi connectivity index (χ4n) is 2.02. The topological polar surface area (TPSA) is 95.9 Å². The summed E-state index contributed by atoms with van der Waals surface area (Å²) in [6, 6.07) is -0.505. The van der Waals surface area contributed by atoms with Crippen LogP contribution in [-0.2, 0) is 19.1 Å². The van der Waals surface area contributed by atoms with Crippen LogP contribution in [0.4, 0.5) is 0 Å². The Hall–Kier alpha value is -1.63. The van der Waals surface area contributed by atoms with E-state index in [1.165, 1.54) is 4.90 Å². The second-order valence-corrected chi connectivity index (χ2v) is 4.14. The van der Waals surface area contributed by atoms with Crippen molar-refractivity contribution in [3.63, 3.8) is 0 Å². The van der Waals surface area contributed by atoms with Crippen molar-refractivity contribution in [2.75, 3.05) is 19.7 Å². The minimum atomic E-state index is -1.07. The number of carboxylic acids is 1. The first kappa shape index (κ1) is 11.8. The van der Waals surface area contributed by atoms with E-state index in [2.05, 4.69) is 5.32 Å².